The molecule has 1 saturated heterocycles. The van der Waals surface area contributed by atoms with Crippen LogP contribution in [-0.4, -0.2) is 45.8 Å². The molecule has 1 aromatic carbocycles. The Morgan fingerprint density at radius 1 is 1.10 bits per heavy atom. The summed E-state index contributed by atoms with van der Waals surface area (Å²) in [4.78, 5) is 19.1. The monoisotopic (exact) mass is 391 g/mol. The van der Waals surface area contributed by atoms with E-state index >= 15 is 0 Å². The number of benzene rings is 1. The van der Waals surface area contributed by atoms with Crippen LogP contribution in [0.15, 0.2) is 47.4 Å². The molecule has 1 fully saturated rings. The van der Waals surface area contributed by atoms with Gasteiger partial charge in [0.05, 0.1) is 5.39 Å². The summed E-state index contributed by atoms with van der Waals surface area (Å²) in [6.07, 6.45) is 2.73. The van der Waals surface area contributed by atoms with E-state index in [0.717, 1.165) is 19.5 Å². The number of hydrogen-bond acceptors (Lipinski definition) is 5. The van der Waals surface area contributed by atoms with Crippen LogP contribution in [-0.2, 0) is 7.05 Å². The van der Waals surface area contributed by atoms with Gasteiger partial charge in [-0.3, -0.25) is 9.78 Å². The lowest BCUT2D eigenvalue weighted by Crippen LogP contribution is -2.44. The van der Waals surface area contributed by atoms with Gasteiger partial charge in [0, 0.05) is 32.4 Å². The summed E-state index contributed by atoms with van der Waals surface area (Å²) in [7, 11) is 3.85. The molecule has 1 aliphatic heterocycles. The summed E-state index contributed by atoms with van der Waals surface area (Å²) in [6, 6.07) is 12.9. The van der Waals surface area contributed by atoms with Crippen LogP contribution in [0.3, 0.4) is 0 Å². The van der Waals surface area contributed by atoms with E-state index in [1.807, 2.05) is 6.07 Å². The van der Waals surface area contributed by atoms with Gasteiger partial charge >= 0.3 is 0 Å². The van der Waals surface area contributed by atoms with Crippen molar-refractivity contribution in [1.29, 1.82) is 0 Å². The number of nitrogens with zero attached hydrogens (tertiary/aromatic N) is 4. The maximum Gasteiger partial charge on any atom is 0.276 e. The van der Waals surface area contributed by atoms with Crippen molar-refractivity contribution in [1.82, 2.24) is 19.7 Å². The van der Waals surface area contributed by atoms with Gasteiger partial charge in [-0.2, -0.15) is 5.10 Å². The largest absolute Gasteiger partial charge is 0.363 e. The van der Waals surface area contributed by atoms with Gasteiger partial charge in [0.1, 0.15) is 5.52 Å². The molecule has 1 N–H and O–H groups in total. The van der Waals surface area contributed by atoms with E-state index in [1.165, 1.54) is 15.8 Å². The number of likely N-dealkylation sites (tertiary alicyclic amines) is 1. The molecule has 2 atom stereocenters. The number of fused-ring (bicyclic) bond motifs is 1. The SMILES string of the molecule is CC(C)c1ccc(C2CC(Nc3nn(C)c(=O)c4cccnc34)CN(C)C2)cc1. The van der Waals surface area contributed by atoms with Crippen molar-refractivity contribution >= 4 is 16.7 Å². The standard InChI is InChI=1S/C23H29N5O/c1-15(2)16-7-9-17(10-8-16)18-12-19(14-27(3)13-18)25-22-21-20(6-5-11-24-21)23(29)28(4)26-22/h5-11,15,18-19H,12-14H2,1-4H3,(H,25,26). The van der Waals surface area contributed by atoms with Crippen molar-refractivity contribution in [3.05, 3.63) is 64.1 Å². The van der Waals surface area contributed by atoms with Gasteiger partial charge in [-0.25, -0.2) is 4.68 Å². The first-order chi connectivity index (χ1) is 13.9. The molecule has 6 nitrogen and oxygen atoms in total. The van der Waals surface area contributed by atoms with E-state index in [-0.39, 0.29) is 11.6 Å². The molecule has 3 aromatic rings. The van der Waals surface area contributed by atoms with E-state index in [0.29, 0.717) is 28.6 Å². The molecule has 0 bridgehead atoms. The number of likely N-dealkylation sites (N-methyl/N-ethyl adjacent to an activating group) is 1. The van der Waals surface area contributed by atoms with E-state index in [1.54, 1.807) is 19.3 Å². The Morgan fingerprint density at radius 3 is 2.59 bits per heavy atom. The minimum Gasteiger partial charge on any atom is -0.363 e. The molecule has 3 heterocycles. The smallest absolute Gasteiger partial charge is 0.276 e. The first kappa shape index (κ1) is 19.6. The normalized spacial score (nSPS) is 20.3. The van der Waals surface area contributed by atoms with Crippen LogP contribution in [0.25, 0.3) is 10.9 Å². The van der Waals surface area contributed by atoms with Gasteiger partial charge < -0.3 is 10.2 Å². The average Bonchev–Trinajstić information content (AvgIpc) is 2.71. The maximum atomic E-state index is 12.4. The number of nitrogens with one attached hydrogen (secondary N) is 1. The quantitative estimate of drug-likeness (QED) is 0.739. The Hall–Kier alpha value is -2.73. The molecule has 0 saturated carbocycles. The first-order valence-corrected chi connectivity index (χ1v) is 10.3. The lowest BCUT2D eigenvalue weighted by Gasteiger charge is -2.36. The second kappa shape index (κ2) is 7.95. The van der Waals surface area contributed by atoms with Crippen molar-refractivity contribution in [3.63, 3.8) is 0 Å². The lowest BCUT2D eigenvalue weighted by molar-refractivity contribution is 0.235. The van der Waals surface area contributed by atoms with Crippen molar-refractivity contribution in [2.75, 3.05) is 25.5 Å². The molecule has 6 heteroatoms. The summed E-state index contributed by atoms with van der Waals surface area (Å²) >= 11 is 0. The molecule has 2 unspecified atom stereocenters. The highest BCUT2D eigenvalue weighted by molar-refractivity contribution is 5.87. The Kier molecular flexibility index (Phi) is 5.37. The van der Waals surface area contributed by atoms with Gasteiger partial charge in [0.25, 0.3) is 5.56 Å². The Morgan fingerprint density at radius 2 is 1.86 bits per heavy atom. The maximum absolute atomic E-state index is 12.4. The number of anilines is 1. The number of piperidine rings is 1. The number of pyridine rings is 1. The van der Waals surface area contributed by atoms with Gasteiger partial charge in [-0.05, 0) is 48.6 Å². The second-order valence-corrected chi connectivity index (χ2v) is 8.49. The van der Waals surface area contributed by atoms with E-state index < -0.39 is 0 Å². The number of aryl methyl sites for hydroxylation is 1. The van der Waals surface area contributed by atoms with Crippen LogP contribution in [0.4, 0.5) is 5.82 Å². The molecule has 0 aliphatic carbocycles. The highest BCUT2D eigenvalue weighted by Crippen LogP contribution is 2.29. The predicted molar refractivity (Wildman–Crippen MR) is 118 cm³/mol. The van der Waals surface area contributed by atoms with Crippen LogP contribution >= 0.6 is 0 Å². The van der Waals surface area contributed by atoms with Crippen LogP contribution < -0.4 is 10.9 Å². The third kappa shape index (κ3) is 4.03. The van der Waals surface area contributed by atoms with Crippen LogP contribution in [0.2, 0.25) is 0 Å². The van der Waals surface area contributed by atoms with Crippen LogP contribution in [0.5, 0.6) is 0 Å². The molecule has 2 aromatic heterocycles. The summed E-state index contributed by atoms with van der Waals surface area (Å²) in [5.74, 6) is 1.68. The summed E-state index contributed by atoms with van der Waals surface area (Å²) in [5, 5.41) is 8.63. The third-order valence-corrected chi connectivity index (χ3v) is 5.85. The summed E-state index contributed by atoms with van der Waals surface area (Å²) in [6.45, 7) is 6.42. The zero-order valence-corrected chi connectivity index (χ0v) is 17.6. The van der Waals surface area contributed by atoms with E-state index in [4.69, 9.17) is 0 Å². The molecule has 0 spiro atoms. The molecule has 0 radical (unpaired) electrons. The number of aromatic nitrogens is 3. The minimum atomic E-state index is -0.123. The fourth-order valence-corrected chi connectivity index (χ4v) is 4.29. The van der Waals surface area contributed by atoms with E-state index in [2.05, 4.69) is 65.5 Å². The number of rotatable bonds is 4. The molecule has 1 aliphatic rings. The predicted octanol–water partition coefficient (Wildman–Crippen LogP) is 3.35. The van der Waals surface area contributed by atoms with Gasteiger partial charge in [0.15, 0.2) is 5.82 Å². The van der Waals surface area contributed by atoms with E-state index in [9.17, 15) is 4.79 Å². The lowest BCUT2D eigenvalue weighted by atomic mass is 9.87. The van der Waals surface area contributed by atoms with Crippen molar-refractivity contribution < 1.29 is 0 Å². The van der Waals surface area contributed by atoms with Crippen molar-refractivity contribution in [3.8, 4) is 0 Å². The molecular formula is C23H29N5O. The second-order valence-electron chi connectivity index (χ2n) is 8.49. The number of hydrogen-bond donors (Lipinski definition) is 1. The van der Waals surface area contributed by atoms with Crippen molar-refractivity contribution in [2.45, 2.75) is 38.1 Å². The van der Waals surface area contributed by atoms with Crippen LogP contribution in [0, 0.1) is 0 Å². The minimum absolute atomic E-state index is 0.123. The summed E-state index contributed by atoms with van der Waals surface area (Å²) in [5.41, 5.74) is 3.27. The molecular weight excluding hydrogens is 362 g/mol. The Bertz CT molecular complexity index is 1060. The van der Waals surface area contributed by atoms with Crippen LogP contribution in [0.1, 0.15) is 43.2 Å². The van der Waals surface area contributed by atoms with Gasteiger partial charge in [0.2, 0.25) is 0 Å². The fourth-order valence-electron chi connectivity index (χ4n) is 4.29. The molecule has 152 valence electrons. The molecule has 29 heavy (non-hydrogen) atoms. The van der Waals surface area contributed by atoms with Crippen molar-refractivity contribution in [2.24, 2.45) is 7.05 Å². The molecule has 4 rings (SSSR count). The van der Waals surface area contributed by atoms with Gasteiger partial charge in [-0.15, -0.1) is 0 Å². The highest BCUT2D eigenvalue weighted by atomic mass is 16.1. The topological polar surface area (TPSA) is 63.1 Å². The highest BCUT2D eigenvalue weighted by Gasteiger charge is 2.27. The zero-order valence-electron chi connectivity index (χ0n) is 17.6. The first-order valence-electron chi connectivity index (χ1n) is 10.3. The summed E-state index contributed by atoms with van der Waals surface area (Å²) < 4.78 is 1.39. The Labute approximate surface area is 171 Å². The zero-order chi connectivity index (χ0) is 20.5. The Balaban J connectivity index is 1.59. The van der Waals surface area contributed by atoms with Gasteiger partial charge in [-0.1, -0.05) is 38.1 Å². The molecule has 0 amide bonds. The third-order valence-electron chi connectivity index (χ3n) is 5.85. The average molecular weight is 392 g/mol. The fraction of sp³-hybridized carbons (Fsp3) is 0.435.